The average molecular weight is 220 g/mol. The molecular formula is C15H24O. The lowest BCUT2D eigenvalue weighted by atomic mass is 9.55. The highest BCUT2D eigenvalue weighted by molar-refractivity contribution is 5.35. The Bertz CT molecular complexity index is 368. The molecule has 2 fully saturated rings. The lowest BCUT2D eigenvalue weighted by Gasteiger charge is -2.50. The Hall–Kier alpha value is -0.300. The molecule has 2 saturated carbocycles. The van der Waals surface area contributed by atoms with Crippen LogP contribution < -0.4 is 0 Å². The molecule has 90 valence electrons. The van der Waals surface area contributed by atoms with Crippen molar-refractivity contribution in [2.24, 2.45) is 22.7 Å². The standard InChI is InChI=1S/C15H24O/c1-10-5-6-12-9-15(16)11(2)7-8-14(10,15)13(12,3)4/h5,11-12,16H,6-9H2,1-4H3/t11-,12+,14+,15+/m0/s1. The molecule has 1 spiro atoms. The molecule has 0 aliphatic heterocycles. The van der Waals surface area contributed by atoms with E-state index in [9.17, 15) is 5.11 Å². The van der Waals surface area contributed by atoms with E-state index in [2.05, 4.69) is 33.8 Å². The minimum absolute atomic E-state index is 0.0856. The first-order chi connectivity index (χ1) is 7.36. The molecule has 1 nitrogen and oxygen atoms in total. The van der Waals surface area contributed by atoms with Crippen LogP contribution in [0.25, 0.3) is 0 Å². The highest BCUT2D eigenvalue weighted by atomic mass is 16.3. The van der Waals surface area contributed by atoms with Gasteiger partial charge in [-0.15, -0.1) is 0 Å². The van der Waals surface area contributed by atoms with Crippen molar-refractivity contribution >= 4 is 0 Å². The molecule has 0 heterocycles. The SMILES string of the molecule is CC1=CC[C@@H]2C[C@@]3(O)[C@@H](C)CC[C@]13C2(C)C. The van der Waals surface area contributed by atoms with E-state index in [0.29, 0.717) is 11.8 Å². The van der Waals surface area contributed by atoms with Crippen LogP contribution in [0.3, 0.4) is 0 Å². The Balaban J connectivity index is 2.25. The fraction of sp³-hybridized carbons (Fsp3) is 0.867. The van der Waals surface area contributed by atoms with Crippen molar-refractivity contribution in [1.29, 1.82) is 0 Å². The highest BCUT2D eigenvalue weighted by Gasteiger charge is 2.72. The van der Waals surface area contributed by atoms with Gasteiger partial charge in [0.25, 0.3) is 0 Å². The fourth-order valence-corrected chi connectivity index (χ4v) is 5.46. The van der Waals surface area contributed by atoms with E-state index in [1.54, 1.807) is 0 Å². The molecule has 0 saturated heterocycles. The van der Waals surface area contributed by atoms with Gasteiger partial charge >= 0.3 is 0 Å². The molecule has 2 bridgehead atoms. The summed E-state index contributed by atoms with van der Waals surface area (Å²) >= 11 is 0. The van der Waals surface area contributed by atoms with Gasteiger partial charge in [-0.2, -0.15) is 0 Å². The maximum atomic E-state index is 11.2. The van der Waals surface area contributed by atoms with Crippen LogP contribution in [0.15, 0.2) is 11.6 Å². The molecule has 3 rings (SSSR count). The van der Waals surface area contributed by atoms with Crippen molar-refractivity contribution in [1.82, 2.24) is 0 Å². The second kappa shape index (κ2) is 2.75. The van der Waals surface area contributed by atoms with Crippen LogP contribution in [0.4, 0.5) is 0 Å². The molecule has 0 aromatic rings. The van der Waals surface area contributed by atoms with E-state index < -0.39 is 5.60 Å². The van der Waals surface area contributed by atoms with Gasteiger partial charge in [-0.25, -0.2) is 0 Å². The summed E-state index contributed by atoms with van der Waals surface area (Å²) in [6.07, 6.45) is 6.99. The van der Waals surface area contributed by atoms with E-state index in [1.165, 1.54) is 24.8 Å². The van der Waals surface area contributed by atoms with Crippen molar-refractivity contribution in [3.8, 4) is 0 Å². The van der Waals surface area contributed by atoms with E-state index in [0.717, 1.165) is 6.42 Å². The van der Waals surface area contributed by atoms with Crippen LogP contribution in [0, 0.1) is 22.7 Å². The normalized spacial score (nSPS) is 53.7. The highest BCUT2D eigenvalue weighted by Crippen LogP contribution is 2.74. The molecule has 1 N–H and O–H groups in total. The summed E-state index contributed by atoms with van der Waals surface area (Å²) < 4.78 is 0. The summed E-state index contributed by atoms with van der Waals surface area (Å²) in [7, 11) is 0. The first-order valence-corrected chi connectivity index (χ1v) is 6.76. The molecule has 4 atom stereocenters. The second-order valence-electron chi connectivity index (χ2n) is 7.01. The van der Waals surface area contributed by atoms with Crippen molar-refractivity contribution in [3.05, 3.63) is 11.6 Å². The molecule has 0 aromatic carbocycles. The topological polar surface area (TPSA) is 20.2 Å². The molecule has 0 aromatic heterocycles. The zero-order valence-corrected chi connectivity index (χ0v) is 11.0. The van der Waals surface area contributed by atoms with Crippen molar-refractivity contribution in [2.75, 3.05) is 0 Å². The Morgan fingerprint density at radius 3 is 2.75 bits per heavy atom. The summed E-state index contributed by atoms with van der Waals surface area (Å²) in [5, 5.41) is 11.2. The minimum atomic E-state index is -0.418. The van der Waals surface area contributed by atoms with Crippen molar-refractivity contribution in [2.45, 2.75) is 59.0 Å². The predicted octanol–water partition coefficient (Wildman–Crippen LogP) is 3.53. The zero-order chi connectivity index (χ0) is 11.8. The van der Waals surface area contributed by atoms with Crippen LogP contribution in [-0.2, 0) is 0 Å². The molecular weight excluding hydrogens is 196 g/mol. The maximum Gasteiger partial charge on any atom is 0.0774 e. The van der Waals surface area contributed by atoms with Gasteiger partial charge in [0.05, 0.1) is 5.60 Å². The third-order valence-corrected chi connectivity index (χ3v) is 6.57. The Kier molecular flexibility index (Phi) is 1.86. The monoisotopic (exact) mass is 220 g/mol. The first-order valence-electron chi connectivity index (χ1n) is 6.76. The van der Waals surface area contributed by atoms with Crippen LogP contribution in [0.5, 0.6) is 0 Å². The van der Waals surface area contributed by atoms with Crippen LogP contribution in [0.2, 0.25) is 0 Å². The molecule has 3 aliphatic rings. The van der Waals surface area contributed by atoms with Gasteiger partial charge in [-0.1, -0.05) is 32.4 Å². The molecule has 0 radical (unpaired) electrons. The van der Waals surface area contributed by atoms with E-state index in [4.69, 9.17) is 0 Å². The van der Waals surface area contributed by atoms with Gasteiger partial charge in [0.15, 0.2) is 0 Å². The van der Waals surface area contributed by atoms with Gasteiger partial charge in [0.2, 0.25) is 0 Å². The Morgan fingerprint density at radius 2 is 2.06 bits per heavy atom. The number of hydrogen-bond donors (Lipinski definition) is 1. The third-order valence-electron chi connectivity index (χ3n) is 6.57. The lowest BCUT2D eigenvalue weighted by Crippen LogP contribution is -2.50. The lowest BCUT2D eigenvalue weighted by molar-refractivity contribution is -0.0774. The van der Waals surface area contributed by atoms with E-state index >= 15 is 0 Å². The van der Waals surface area contributed by atoms with E-state index in [-0.39, 0.29) is 10.8 Å². The Labute approximate surface area is 98.9 Å². The molecule has 0 unspecified atom stereocenters. The molecule has 0 amide bonds. The predicted molar refractivity (Wildman–Crippen MR) is 66.0 cm³/mol. The number of allylic oxidation sites excluding steroid dienone is 1. The maximum absolute atomic E-state index is 11.2. The van der Waals surface area contributed by atoms with Crippen LogP contribution in [0.1, 0.15) is 53.4 Å². The first kappa shape index (κ1) is 10.8. The minimum Gasteiger partial charge on any atom is -0.389 e. The van der Waals surface area contributed by atoms with Crippen molar-refractivity contribution in [3.63, 3.8) is 0 Å². The summed E-state index contributed by atoms with van der Waals surface area (Å²) in [4.78, 5) is 0. The van der Waals surface area contributed by atoms with Gasteiger partial charge < -0.3 is 5.11 Å². The largest absolute Gasteiger partial charge is 0.389 e. The smallest absolute Gasteiger partial charge is 0.0774 e. The third kappa shape index (κ3) is 0.827. The Morgan fingerprint density at radius 1 is 1.38 bits per heavy atom. The zero-order valence-electron chi connectivity index (χ0n) is 11.0. The van der Waals surface area contributed by atoms with Crippen molar-refractivity contribution < 1.29 is 5.11 Å². The van der Waals surface area contributed by atoms with Gasteiger partial charge in [-0.3, -0.25) is 0 Å². The molecule has 1 heteroatoms. The van der Waals surface area contributed by atoms with E-state index in [1.807, 2.05) is 0 Å². The number of rotatable bonds is 0. The summed E-state index contributed by atoms with van der Waals surface area (Å²) in [6, 6.07) is 0. The van der Waals surface area contributed by atoms with Crippen LogP contribution >= 0.6 is 0 Å². The number of hydrogen-bond acceptors (Lipinski definition) is 1. The summed E-state index contributed by atoms with van der Waals surface area (Å²) in [6.45, 7) is 9.29. The number of fused-ring (bicyclic) bond motifs is 1. The summed E-state index contributed by atoms with van der Waals surface area (Å²) in [5.41, 5.74) is 1.42. The molecule has 16 heavy (non-hydrogen) atoms. The quantitative estimate of drug-likeness (QED) is 0.619. The molecule has 3 aliphatic carbocycles. The summed E-state index contributed by atoms with van der Waals surface area (Å²) in [5.74, 6) is 1.15. The second-order valence-corrected chi connectivity index (χ2v) is 7.01. The fourth-order valence-electron chi connectivity index (χ4n) is 5.46. The van der Waals surface area contributed by atoms with Gasteiger partial charge in [-0.05, 0) is 49.9 Å². The average Bonchev–Trinajstić information content (AvgIpc) is 2.49. The van der Waals surface area contributed by atoms with Crippen LogP contribution in [-0.4, -0.2) is 10.7 Å². The van der Waals surface area contributed by atoms with Gasteiger partial charge in [0, 0.05) is 5.41 Å². The number of aliphatic hydroxyl groups is 1. The van der Waals surface area contributed by atoms with Gasteiger partial charge in [0.1, 0.15) is 0 Å².